The van der Waals surface area contributed by atoms with Gasteiger partial charge in [0.05, 0.1) is 18.5 Å². The van der Waals surface area contributed by atoms with Gasteiger partial charge in [-0.15, -0.1) is 0 Å². The van der Waals surface area contributed by atoms with E-state index in [-0.39, 0.29) is 5.41 Å². The summed E-state index contributed by atoms with van der Waals surface area (Å²) >= 11 is 0. The predicted molar refractivity (Wildman–Crippen MR) is 135 cm³/mol. The molecule has 0 bridgehead atoms. The van der Waals surface area contributed by atoms with Crippen molar-refractivity contribution < 1.29 is 4.74 Å². The second-order valence-electron chi connectivity index (χ2n) is 9.64. The molecule has 1 aromatic carbocycles. The molecule has 1 aliphatic rings. The third kappa shape index (κ3) is 5.39. The number of hydrogen-bond acceptors (Lipinski definition) is 7. The Morgan fingerprint density at radius 3 is 2.36 bits per heavy atom. The summed E-state index contributed by atoms with van der Waals surface area (Å²) in [6.07, 6.45) is 1.79. The maximum absolute atomic E-state index is 5.69. The van der Waals surface area contributed by atoms with Crippen molar-refractivity contribution in [3.8, 4) is 5.75 Å². The van der Waals surface area contributed by atoms with Gasteiger partial charge < -0.3 is 25.2 Å². The average Bonchev–Trinajstić information content (AvgIpc) is 3.15. The summed E-state index contributed by atoms with van der Waals surface area (Å²) in [5, 5.41) is 11.5. The molecule has 0 saturated carbocycles. The molecule has 4 rings (SSSR count). The number of hydrogen-bond donors (Lipinski definition) is 2. The van der Waals surface area contributed by atoms with Gasteiger partial charge in [0.1, 0.15) is 17.4 Å². The standard InChI is InChI=1S/C25H35N7O/c1-25(2,3)22-17-24(31(5)29-22)27-18-9-10-26-23(15-18)28-20-8-7-19(16-21(20)33-6)32-13-11-30(4)12-14-32/h7-10,15-17H,11-14H2,1-6H3,(H2,26,27,28). The Bertz CT molecular complexity index is 1090. The molecule has 0 atom stereocenters. The zero-order valence-corrected chi connectivity index (χ0v) is 20.5. The third-order valence-corrected chi connectivity index (χ3v) is 6.00. The number of rotatable bonds is 6. The second-order valence-corrected chi connectivity index (χ2v) is 9.64. The molecule has 2 aromatic heterocycles. The molecule has 176 valence electrons. The summed E-state index contributed by atoms with van der Waals surface area (Å²) in [5.74, 6) is 2.48. The van der Waals surface area contributed by atoms with E-state index in [9.17, 15) is 0 Å². The molecule has 0 radical (unpaired) electrons. The molecule has 2 N–H and O–H groups in total. The van der Waals surface area contributed by atoms with Crippen molar-refractivity contribution in [2.75, 3.05) is 55.9 Å². The van der Waals surface area contributed by atoms with Gasteiger partial charge in [0.2, 0.25) is 0 Å². The van der Waals surface area contributed by atoms with Crippen LogP contribution in [0.2, 0.25) is 0 Å². The highest BCUT2D eigenvalue weighted by molar-refractivity contribution is 5.71. The van der Waals surface area contributed by atoms with Crippen molar-refractivity contribution >= 4 is 28.7 Å². The highest BCUT2D eigenvalue weighted by Crippen LogP contribution is 2.33. The van der Waals surface area contributed by atoms with E-state index in [2.05, 4.69) is 82.6 Å². The fourth-order valence-corrected chi connectivity index (χ4v) is 3.86. The SMILES string of the molecule is COc1cc(N2CCN(C)CC2)ccc1Nc1cc(Nc2cc(C(C)(C)C)nn2C)ccn1. The lowest BCUT2D eigenvalue weighted by molar-refractivity contribution is 0.312. The monoisotopic (exact) mass is 449 g/mol. The Labute approximate surface area is 196 Å². The van der Waals surface area contributed by atoms with Crippen LogP contribution >= 0.6 is 0 Å². The molecule has 0 spiro atoms. The molecule has 3 heterocycles. The third-order valence-electron chi connectivity index (χ3n) is 6.00. The van der Waals surface area contributed by atoms with Crippen molar-refractivity contribution in [1.29, 1.82) is 0 Å². The maximum atomic E-state index is 5.69. The Morgan fingerprint density at radius 1 is 0.939 bits per heavy atom. The van der Waals surface area contributed by atoms with Crippen molar-refractivity contribution in [3.63, 3.8) is 0 Å². The van der Waals surface area contributed by atoms with Crippen LogP contribution in [0.4, 0.5) is 28.7 Å². The largest absolute Gasteiger partial charge is 0.494 e. The smallest absolute Gasteiger partial charge is 0.144 e. The van der Waals surface area contributed by atoms with E-state index < -0.39 is 0 Å². The lowest BCUT2D eigenvalue weighted by Gasteiger charge is -2.34. The van der Waals surface area contributed by atoms with Crippen LogP contribution in [0, 0.1) is 0 Å². The van der Waals surface area contributed by atoms with Crippen LogP contribution in [0.5, 0.6) is 5.75 Å². The maximum Gasteiger partial charge on any atom is 0.144 e. The summed E-state index contributed by atoms with van der Waals surface area (Å²) < 4.78 is 7.56. The van der Waals surface area contributed by atoms with Gasteiger partial charge >= 0.3 is 0 Å². The lowest BCUT2D eigenvalue weighted by atomic mass is 9.92. The second kappa shape index (κ2) is 9.31. The minimum absolute atomic E-state index is 0.00448. The molecule has 8 heteroatoms. The van der Waals surface area contributed by atoms with Gasteiger partial charge in [0.15, 0.2) is 0 Å². The molecule has 0 amide bonds. The number of methoxy groups -OCH3 is 1. The topological polar surface area (TPSA) is 70.5 Å². The summed E-state index contributed by atoms with van der Waals surface area (Å²) in [7, 11) is 5.82. The van der Waals surface area contributed by atoms with Crippen molar-refractivity contribution in [2.24, 2.45) is 7.05 Å². The Balaban J connectivity index is 1.50. The first-order chi connectivity index (χ1) is 15.7. The molecule has 1 saturated heterocycles. The molecule has 1 fully saturated rings. The minimum atomic E-state index is -0.00448. The average molecular weight is 450 g/mol. The number of anilines is 5. The number of nitrogens with one attached hydrogen (secondary N) is 2. The summed E-state index contributed by atoms with van der Waals surface area (Å²) in [6, 6.07) is 12.3. The Morgan fingerprint density at radius 2 is 1.70 bits per heavy atom. The fraction of sp³-hybridized carbons (Fsp3) is 0.440. The van der Waals surface area contributed by atoms with Gasteiger partial charge in [-0.1, -0.05) is 20.8 Å². The molecule has 3 aromatic rings. The van der Waals surface area contributed by atoms with E-state index in [1.54, 1.807) is 13.3 Å². The number of piperazine rings is 1. The van der Waals surface area contributed by atoms with E-state index in [4.69, 9.17) is 4.74 Å². The number of aromatic nitrogens is 3. The minimum Gasteiger partial charge on any atom is -0.494 e. The van der Waals surface area contributed by atoms with Crippen LogP contribution in [-0.2, 0) is 12.5 Å². The number of nitrogens with zero attached hydrogens (tertiary/aromatic N) is 5. The summed E-state index contributed by atoms with van der Waals surface area (Å²) in [5.41, 5.74) is 4.04. The highest BCUT2D eigenvalue weighted by atomic mass is 16.5. The van der Waals surface area contributed by atoms with E-state index in [0.717, 1.165) is 60.6 Å². The van der Waals surface area contributed by atoms with Crippen molar-refractivity contribution in [3.05, 3.63) is 48.3 Å². The van der Waals surface area contributed by atoms with Crippen LogP contribution in [0.3, 0.4) is 0 Å². The fourth-order valence-electron chi connectivity index (χ4n) is 3.86. The Kier molecular flexibility index (Phi) is 6.47. The first-order valence-electron chi connectivity index (χ1n) is 11.4. The van der Waals surface area contributed by atoms with Crippen LogP contribution in [-0.4, -0.2) is 60.0 Å². The van der Waals surface area contributed by atoms with E-state index in [1.807, 2.05) is 23.9 Å². The van der Waals surface area contributed by atoms with Crippen LogP contribution < -0.4 is 20.3 Å². The van der Waals surface area contributed by atoms with E-state index in [0.29, 0.717) is 0 Å². The normalized spacial score (nSPS) is 14.9. The van der Waals surface area contributed by atoms with Gasteiger partial charge in [-0.2, -0.15) is 5.10 Å². The van der Waals surface area contributed by atoms with E-state index >= 15 is 0 Å². The first kappa shape index (κ1) is 22.9. The predicted octanol–water partition coefficient (Wildman–Crippen LogP) is 4.36. The first-order valence-corrected chi connectivity index (χ1v) is 11.4. The zero-order valence-electron chi connectivity index (χ0n) is 20.5. The highest BCUT2D eigenvalue weighted by Gasteiger charge is 2.19. The number of likely N-dealkylation sites (N-methyl/N-ethyl adjacent to an activating group) is 1. The molecule has 0 unspecified atom stereocenters. The number of benzene rings is 1. The van der Waals surface area contributed by atoms with Gasteiger partial charge in [0.25, 0.3) is 0 Å². The van der Waals surface area contributed by atoms with Gasteiger partial charge in [0, 0.05) is 74.4 Å². The number of ether oxygens (including phenoxy) is 1. The molecular weight excluding hydrogens is 414 g/mol. The molecular formula is C25H35N7O. The zero-order chi connectivity index (χ0) is 23.6. The van der Waals surface area contributed by atoms with Crippen LogP contribution in [0.1, 0.15) is 26.5 Å². The number of aryl methyl sites for hydroxylation is 1. The van der Waals surface area contributed by atoms with Crippen molar-refractivity contribution in [1.82, 2.24) is 19.7 Å². The van der Waals surface area contributed by atoms with Crippen molar-refractivity contribution in [2.45, 2.75) is 26.2 Å². The van der Waals surface area contributed by atoms with Crippen LogP contribution in [0.25, 0.3) is 0 Å². The molecule has 0 aliphatic carbocycles. The lowest BCUT2D eigenvalue weighted by Crippen LogP contribution is -2.44. The van der Waals surface area contributed by atoms with Gasteiger partial charge in [-0.05, 0) is 25.2 Å². The molecule has 33 heavy (non-hydrogen) atoms. The van der Waals surface area contributed by atoms with Gasteiger partial charge in [-0.25, -0.2) is 4.98 Å². The van der Waals surface area contributed by atoms with Gasteiger partial charge in [-0.3, -0.25) is 4.68 Å². The summed E-state index contributed by atoms with van der Waals surface area (Å²) in [6.45, 7) is 10.7. The van der Waals surface area contributed by atoms with Crippen LogP contribution in [0.15, 0.2) is 42.6 Å². The summed E-state index contributed by atoms with van der Waals surface area (Å²) in [4.78, 5) is 9.24. The quantitative estimate of drug-likeness (QED) is 0.579. The molecule has 8 nitrogen and oxygen atoms in total. The number of pyridine rings is 1. The Hall–Kier alpha value is -3.26. The molecule has 1 aliphatic heterocycles. The van der Waals surface area contributed by atoms with E-state index in [1.165, 1.54) is 5.69 Å².